The predicted octanol–water partition coefficient (Wildman–Crippen LogP) is 2.06. The fraction of sp³-hybridized carbons (Fsp3) is 0.286. The van der Waals surface area contributed by atoms with Crippen LogP contribution in [0.3, 0.4) is 0 Å². The van der Waals surface area contributed by atoms with Crippen molar-refractivity contribution in [2.24, 2.45) is 0 Å². The van der Waals surface area contributed by atoms with Crippen molar-refractivity contribution in [2.45, 2.75) is 13.0 Å². The van der Waals surface area contributed by atoms with Crippen molar-refractivity contribution in [3.8, 4) is 11.5 Å². The van der Waals surface area contributed by atoms with Crippen molar-refractivity contribution in [3.63, 3.8) is 0 Å². The summed E-state index contributed by atoms with van der Waals surface area (Å²) in [5.41, 5.74) is 0.174. The minimum absolute atomic E-state index is 0.174. The quantitative estimate of drug-likeness (QED) is 0.783. The zero-order valence-corrected chi connectivity index (χ0v) is 11.2. The number of ether oxygens (including phenoxy) is 2. The first-order valence-corrected chi connectivity index (χ1v) is 6.20. The fourth-order valence-electron chi connectivity index (χ4n) is 1.77. The summed E-state index contributed by atoms with van der Waals surface area (Å²) in [6, 6.07) is 4.56. The summed E-state index contributed by atoms with van der Waals surface area (Å²) in [7, 11) is 1.49. The van der Waals surface area contributed by atoms with Gasteiger partial charge >= 0.3 is 5.97 Å². The van der Waals surface area contributed by atoms with Crippen molar-refractivity contribution in [1.82, 2.24) is 9.55 Å². The van der Waals surface area contributed by atoms with Gasteiger partial charge in [0.1, 0.15) is 0 Å². The van der Waals surface area contributed by atoms with Gasteiger partial charge in [-0.2, -0.15) is 0 Å². The molecule has 0 aliphatic heterocycles. The van der Waals surface area contributed by atoms with Crippen molar-refractivity contribution < 1.29 is 19.4 Å². The standard InChI is InChI=1S/C14H16N2O4/c1-19-13-9-11(14(17)18)3-4-12(13)20-8-2-6-16-7-5-15-10-16/h3-5,7,9-10H,2,6,8H2,1H3,(H,17,18). The van der Waals surface area contributed by atoms with E-state index in [2.05, 4.69) is 4.98 Å². The minimum Gasteiger partial charge on any atom is -0.493 e. The van der Waals surface area contributed by atoms with Crippen LogP contribution in [0.5, 0.6) is 11.5 Å². The maximum absolute atomic E-state index is 10.9. The lowest BCUT2D eigenvalue weighted by molar-refractivity contribution is 0.0696. The van der Waals surface area contributed by atoms with Gasteiger partial charge in [0.25, 0.3) is 0 Å². The van der Waals surface area contributed by atoms with Gasteiger partial charge in [0, 0.05) is 18.9 Å². The highest BCUT2D eigenvalue weighted by molar-refractivity contribution is 5.88. The Labute approximate surface area is 116 Å². The van der Waals surface area contributed by atoms with Gasteiger partial charge < -0.3 is 19.1 Å². The van der Waals surface area contributed by atoms with Crippen LogP contribution < -0.4 is 9.47 Å². The van der Waals surface area contributed by atoms with Crippen LogP contribution in [-0.2, 0) is 6.54 Å². The van der Waals surface area contributed by atoms with E-state index >= 15 is 0 Å². The molecule has 1 heterocycles. The molecule has 0 unspecified atom stereocenters. The van der Waals surface area contributed by atoms with Crippen LogP contribution in [0.25, 0.3) is 0 Å². The van der Waals surface area contributed by atoms with Crippen LogP contribution in [0.1, 0.15) is 16.8 Å². The van der Waals surface area contributed by atoms with E-state index in [0.29, 0.717) is 18.1 Å². The highest BCUT2D eigenvalue weighted by Gasteiger charge is 2.09. The number of benzene rings is 1. The average molecular weight is 276 g/mol. The maximum Gasteiger partial charge on any atom is 0.335 e. The molecule has 0 amide bonds. The summed E-state index contributed by atoms with van der Waals surface area (Å²) in [6.07, 6.45) is 6.19. The van der Waals surface area contributed by atoms with Gasteiger partial charge in [-0.05, 0) is 24.6 Å². The third kappa shape index (κ3) is 3.50. The van der Waals surface area contributed by atoms with E-state index in [4.69, 9.17) is 14.6 Å². The first-order valence-electron chi connectivity index (χ1n) is 6.20. The molecule has 0 radical (unpaired) electrons. The predicted molar refractivity (Wildman–Crippen MR) is 72.3 cm³/mol. The molecule has 0 saturated carbocycles. The SMILES string of the molecule is COc1cc(C(=O)O)ccc1OCCCn1ccnc1. The number of carboxylic acids is 1. The number of imidazole rings is 1. The Morgan fingerprint density at radius 1 is 1.40 bits per heavy atom. The van der Waals surface area contributed by atoms with Crippen LogP contribution in [-0.4, -0.2) is 34.3 Å². The Hall–Kier alpha value is -2.50. The van der Waals surface area contributed by atoms with Gasteiger partial charge in [0.05, 0.1) is 25.6 Å². The zero-order chi connectivity index (χ0) is 14.4. The number of aromatic nitrogens is 2. The van der Waals surface area contributed by atoms with E-state index in [-0.39, 0.29) is 5.56 Å². The van der Waals surface area contributed by atoms with E-state index < -0.39 is 5.97 Å². The van der Waals surface area contributed by atoms with Crippen LogP contribution in [0.15, 0.2) is 36.9 Å². The Bertz CT molecular complexity index is 567. The third-order valence-corrected chi connectivity index (χ3v) is 2.79. The Morgan fingerprint density at radius 2 is 2.25 bits per heavy atom. The van der Waals surface area contributed by atoms with Crippen molar-refractivity contribution >= 4 is 5.97 Å². The molecule has 1 N–H and O–H groups in total. The third-order valence-electron chi connectivity index (χ3n) is 2.79. The van der Waals surface area contributed by atoms with Gasteiger partial charge in [-0.15, -0.1) is 0 Å². The van der Waals surface area contributed by atoms with Crippen LogP contribution in [0.2, 0.25) is 0 Å². The van der Waals surface area contributed by atoms with Crippen molar-refractivity contribution in [2.75, 3.05) is 13.7 Å². The highest BCUT2D eigenvalue weighted by atomic mass is 16.5. The number of nitrogens with zero attached hydrogens (tertiary/aromatic N) is 2. The van der Waals surface area contributed by atoms with E-state index in [1.807, 2.05) is 10.8 Å². The molecule has 2 rings (SSSR count). The van der Waals surface area contributed by atoms with E-state index in [1.165, 1.54) is 19.2 Å². The number of carboxylic acid groups (broad SMARTS) is 1. The summed E-state index contributed by atoms with van der Waals surface area (Å²) in [4.78, 5) is 14.8. The van der Waals surface area contributed by atoms with E-state index in [0.717, 1.165) is 13.0 Å². The summed E-state index contributed by atoms with van der Waals surface area (Å²) >= 11 is 0. The Morgan fingerprint density at radius 3 is 2.90 bits per heavy atom. The average Bonchev–Trinajstić information content (AvgIpc) is 2.96. The molecule has 0 fully saturated rings. The molecule has 1 aromatic heterocycles. The second kappa shape index (κ2) is 6.60. The fourth-order valence-corrected chi connectivity index (χ4v) is 1.77. The maximum atomic E-state index is 10.9. The highest BCUT2D eigenvalue weighted by Crippen LogP contribution is 2.28. The summed E-state index contributed by atoms with van der Waals surface area (Å²) in [6.45, 7) is 1.33. The molecule has 0 aliphatic carbocycles. The summed E-state index contributed by atoms with van der Waals surface area (Å²) in [5, 5.41) is 8.91. The molecule has 0 atom stereocenters. The minimum atomic E-state index is -0.991. The Kier molecular flexibility index (Phi) is 4.60. The molecule has 6 nitrogen and oxygen atoms in total. The smallest absolute Gasteiger partial charge is 0.335 e. The van der Waals surface area contributed by atoms with Crippen molar-refractivity contribution in [1.29, 1.82) is 0 Å². The number of hydrogen-bond acceptors (Lipinski definition) is 4. The molecule has 0 bridgehead atoms. The van der Waals surface area contributed by atoms with Gasteiger partial charge in [-0.1, -0.05) is 0 Å². The molecule has 2 aromatic rings. The monoisotopic (exact) mass is 276 g/mol. The Balaban J connectivity index is 1.90. The topological polar surface area (TPSA) is 73.6 Å². The van der Waals surface area contributed by atoms with Crippen LogP contribution in [0, 0.1) is 0 Å². The number of hydrogen-bond donors (Lipinski definition) is 1. The second-order valence-electron chi connectivity index (χ2n) is 4.17. The molecule has 0 saturated heterocycles. The van der Waals surface area contributed by atoms with E-state index in [1.54, 1.807) is 18.6 Å². The first kappa shape index (κ1) is 13.9. The largest absolute Gasteiger partial charge is 0.493 e. The number of carbonyl (C=O) groups is 1. The lowest BCUT2D eigenvalue weighted by Crippen LogP contribution is -2.05. The van der Waals surface area contributed by atoms with Crippen molar-refractivity contribution in [3.05, 3.63) is 42.5 Å². The molecule has 1 aromatic carbocycles. The second-order valence-corrected chi connectivity index (χ2v) is 4.17. The van der Waals surface area contributed by atoms with Gasteiger partial charge in [-0.25, -0.2) is 9.78 Å². The molecule has 20 heavy (non-hydrogen) atoms. The number of aromatic carboxylic acids is 1. The summed E-state index contributed by atoms with van der Waals surface area (Å²) in [5.74, 6) is -0.0226. The molecular weight excluding hydrogens is 260 g/mol. The van der Waals surface area contributed by atoms with E-state index in [9.17, 15) is 4.79 Å². The van der Waals surface area contributed by atoms with Gasteiger partial charge in [0.2, 0.25) is 0 Å². The molecular formula is C14H16N2O4. The van der Waals surface area contributed by atoms with Gasteiger partial charge in [0.15, 0.2) is 11.5 Å². The molecule has 6 heteroatoms. The number of methoxy groups -OCH3 is 1. The number of aryl methyl sites for hydroxylation is 1. The molecule has 0 spiro atoms. The lowest BCUT2D eigenvalue weighted by Gasteiger charge is -2.11. The lowest BCUT2D eigenvalue weighted by atomic mass is 10.2. The number of rotatable bonds is 7. The molecule has 0 aliphatic rings. The van der Waals surface area contributed by atoms with Gasteiger partial charge in [-0.3, -0.25) is 0 Å². The van der Waals surface area contributed by atoms with Crippen LogP contribution >= 0.6 is 0 Å². The summed E-state index contributed by atoms with van der Waals surface area (Å²) < 4.78 is 12.7. The first-order chi connectivity index (χ1) is 9.70. The normalized spacial score (nSPS) is 10.2. The zero-order valence-electron chi connectivity index (χ0n) is 11.2. The van der Waals surface area contributed by atoms with Crippen LogP contribution in [0.4, 0.5) is 0 Å². The molecule has 106 valence electrons.